The largest absolute Gasteiger partial charge is 0.376 e. The van der Waals surface area contributed by atoms with Crippen molar-refractivity contribution in [1.29, 1.82) is 0 Å². The van der Waals surface area contributed by atoms with Crippen LogP contribution < -0.4 is 10.6 Å². The Morgan fingerprint density at radius 1 is 1.40 bits per heavy atom. The number of anilines is 1. The lowest BCUT2D eigenvalue weighted by Crippen LogP contribution is -2.33. The van der Waals surface area contributed by atoms with Crippen LogP contribution in [0.3, 0.4) is 0 Å². The highest BCUT2D eigenvalue weighted by Crippen LogP contribution is 2.10. The molecule has 6 nitrogen and oxygen atoms in total. The lowest BCUT2D eigenvalue weighted by molar-refractivity contribution is -0.119. The predicted octanol–water partition coefficient (Wildman–Crippen LogP) is 0.831. The summed E-state index contributed by atoms with van der Waals surface area (Å²) in [6, 6.07) is 7.57. The molecule has 110 valence electrons. The molecule has 1 amide bonds. The first-order valence-electron chi connectivity index (χ1n) is 6.06. The molecule has 0 bridgehead atoms. The van der Waals surface area contributed by atoms with Crippen LogP contribution in [-0.2, 0) is 21.3 Å². The summed E-state index contributed by atoms with van der Waals surface area (Å²) < 4.78 is 29.5. The molecule has 0 unspecified atom stereocenters. The molecule has 0 radical (unpaired) electrons. The minimum atomic E-state index is -4.04. The van der Waals surface area contributed by atoms with Gasteiger partial charge in [0.1, 0.15) is 0 Å². The van der Waals surface area contributed by atoms with Crippen LogP contribution in [0.15, 0.2) is 36.9 Å². The zero-order chi connectivity index (χ0) is 15.0. The van der Waals surface area contributed by atoms with Gasteiger partial charge in [-0.15, -0.1) is 6.58 Å². The highest BCUT2D eigenvalue weighted by molar-refractivity contribution is 7.85. The monoisotopic (exact) mass is 298 g/mol. The molecule has 3 N–H and O–H groups in total. The maximum Gasteiger partial charge on any atom is 0.266 e. The quantitative estimate of drug-likeness (QED) is 0.488. The molecule has 1 aromatic rings. The fourth-order valence-electron chi connectivity index (χ4n) is 1.54. The minimum Gasteiger partial charge on any atom is -0.376 e. The van der Waals surface area contributed by atoms with Crippen molar-refractivity contribution in [2.24, 2.45) is 0 Å². The second-order valence-electron chi connectivity index (χ2n) is 4.18. The van der Waals surface area contributed by atoms with Gasteiger partial charge in [0, 0.05) is 12.2 Å². The van der Waals surface area contributed by atoms with Gasteiger partial charge in [0.05, 0.1) is 12.3 Å². The Hall–Kier alpha value is -1.86. The minimum absolute atomic E-state index is 0.0308. The van der Waals surface area contributed by atoms with Crippen molar-refractivity contribution >= 4 is 21.7 Å². The van der Waals surface area contributed by atoms with Crippen LogP contribution >= 0.6 is 0 Å². The van der Waals surface area contributed by atoms with Gasteiger partial charge in [-0.1, -0.05) is 18.2 Å². The number of hydrogen-bond acceptors (Lipinski definition) is 4. The fourth-order valence-corrected chi connectivity index (χ4v) is 1.90. The normalized spacial score (nSPS) is 10.8. The van der Waals surface area contributed by atoms with Crippen molar-refractivity contribution in [3.05, 3.63) is 42.5 Å². The second kappa shape index (κ2) is 7.66. The highest BCUT2D eigenvalue weighted by Gasteiger charge is 2.06. The number of carbonyl (C=O) groups is 1. The number of allylic oxidation sites excluding steroid dienone is 1. The molecule has 0 aliphatic heterocycles. The summed E-state index contributed by atoms with van der Waals surface area (Å²) in [4.78, 5) is 11.4. The lowest BCUT2D eigenvalue weighted by atomic mass is 10.1. The van der Waals surface area contributed by atoms with Crippen LogP contribution in [0.1, 0.15) is 5.56 Å². The van der Waals surface area contributed by atoms with Gasteiger partial charge in [-0.25, -0.2) is 0 Å². The summed E-state index contributed by atoms with van der Waals surface area (Å²) in [7, 11) is -4.04. The Kier molecular flexibility index (Phi) is 6.20. The highest BCUT2D eigenvalue weighted by atomic mass is 32.2. The van der Waals surface area contributed by atoms with Gasteiger partial charge >= 0.3 is 0 Å². The van der Waals surface area contributed by atoms with Crippen LogP contribution in [0.4, 0.5) is 5.69 Å². The molecule has 0 fully saturated rings. The summed E-state index contributed by atoms with van der Waals surface area (Å²) in [5, 5.41) is 5.33. The van der Waals surface area contributed by atoms with E-state index in [-0.39, 0.29) is 19.0 Å². The molecule has 1 aromatic carbocycles. The van der Waals surface area contributed by atoms with E-state index in [2.05, 4.69) is 17.2 Å². The van der Waals surface area contributed by atoms with Crippen LogP contribution in [0, 0.1) is 0 Å². The number of carbonyl (C=O) groups excluding carboxylic acids is 1. The van der Waals surface area contributed by atoms with Crippen molar-refractivity contribution in [3.8, 4) is 0 Å². The smallest absolute Gasteiger partial charge is 0.266 e. The van der Waals surface area contributed by atoms with Crippen LogP contribution in [0.5, 0.6) is 0 Å². The van der Waals surface area contributed by atoms with Crippen molar-refractivity contribution in [2.75, 3.05) is 24.2 Å². The van der Waals surface area contributed by atoms with Gasteiger partial charge in [0.15, 0.2) is 0 Å². The van der Waals surface area contributed by atoms with Crippen LogP contribution in [0.25, 0.3) is 0 Å². The van der Waals surface area contributed by atoms with Crippen molar-refractivity contribution < 1.29 is 17.8 Å². The molecule has 0 aliphatic carbocycles. The molecule has 20 heavy (non-hydrogen) atoms. The Balaban J connectivity index is 2.37. The Bertz CT molecular complexity index is 569. The molecular formula is C13H18N2O4S. The standard InChI is InChI=1S/C13H18N2O4S/c1-2-4-11-5-3-6-12(9-11)15-10-13(16)14-7-8-20(17,18)19/h2-3,5-6,9,15H,1,4,7-8,10H2,(H,14,16)(H,17,18,19). The molecule has 0 heterocycles. The zero-order valence-corrected chi connectivity index (χ0v) is 11.8. The lowest BCUT2D eigenvalue weighted by Gasteiger charge is -2.08. The third-order valence-corrected chi connectivity index (χ3v) is 3.16. The van der Waals surface area contributed by atoms with E-state index in [0.717, 1.165) is 17.7 Å². The average Bonchev–Trinajstić information content (AvgIpc) is 2.36. The van der Waals surface area contributed by atoms with Gasteiger partial charge in [0.2, 0.25) is 5.91 Å². The first kappa shape index (κ1) is 16.2. The maximum atomic E-state index is 11.4. The van der Waals surface area contributed by atoms with E-state index in [1.807, 2.05) is 24.3 Å². The van der Waals surface area contributed by atoms with Crippen molar-refractivity contribution in [1.82, 2.24) is 5.32 Å². The molecule has 0 saturated heterocycles. The first-order chi connectivity index (χ1) is 9.40. The average molecular weight is 298 g/mol. The topological polar surface area (TPSA) is 95.5 Å². The van der Waals surface area contributed by atoms with Crippen LogP contribution in [-0.4, -0.2) is 37.7 Å². The summed E-state index contributed by atoms with van der Waals surface area (Å²) in [6.07, 6.45) is 2.54. The molecule has 0 atom stereocenters. The van der Waals surface area contributed by atoms with E-state index in [4.69, 9.17) is 4.55 Å². The molecule has 0 spiro atoms. The second-order valence-corrected chi connectivity index (χ2v) is 5.75. The Labute approximate surface area is 118 Å². The van der Waals surface area contributed by atoms with Gasteiger partial charge in [-0.05, 0) is 24.1 Å². The predicted molar refractivity (Wildman–Crippen MR) is 78.3 cm³/mol. The third kappa shape index (κ3) is 6.91. The van der Waals surface area contributed by atoms with Gasteiger partial charge in [-0.2, -0.15) is 8.42 Å². The molecule has 0 saturated carbocycles. The summed E-state index contributed by atoms with van der Waals surface area (Å²) in [5.41, 5.74) is 1.88. The maximum absolute atomic E-state index is 11.4. The Morgan fingerprint density at radius 3 is 2.80 bits per heavy atom. The van der Waals surface area contributed by atoms with Gasteiger partial charge in [-0.3, -0.25) is 9.35 Å². The number of nitrogens with one attached hydrogen (secondary N) is 2. The van der Waals surface area contributed by atoms with E-state index < -0.39 is 15.9 Å². The molecule has 0 aromatic heterocycles. The number of rotatable bonds is 8. The third-order valence-electron chi connectivity index (χ3n) is 2.44. The van der Waals surface area contributed by atoms with Gasteiger partial charge < -0.3 is 10.6 Å². The first-order valence-corrected chi connectivity index (χ1v) is 7.67. The zero-order valence-electron chi connectivity index (χ0n) is 11.0. The fraction of sp³-hybridized carbons (Fsp3) is 0.308. The van der Waals surface area contributed by atoms with Crippen molar-refractivity contribution in [2.45, 2.75) is 6.42 Å². The molecule has 1 rings (SSSR count). The summed E-state index contributed by atoms with van der Waals surface area (Å²) >= 11 is 0. The van der Waals surface area contributed by atoms with Crippen LogP contribution in [0.2, 0.25) is 0 Å². The molecule has 0 aliphatic rings. The van der Waals surface area contributed by atoms with E-state index >= 15 is 0 Å². The number of hydrogen-bond donors (Lipinski definition) is 3. The van der Waals surface area contributed by atoms with E-state index in [1.54, 1.807) is 6.08 Å². The van der Waals surface area contributed by atoms with E-state index in [9.17, 15) is 13.2 Å². The molecule has 7 heteroatoms. The Morgan fingerprint density at radius 2 is 2.15 bits per heavy atom. The van der Waals surface area contributed by atoms with Crippen molar-refractivity contribution in [3.63, 3.8) is 0 Å². The van der Waals surface area contributed by atoms with E-state index in [0.29, 0.717) is 0 Å². The number of amides is 1. The summed E-state index contributed by atoms with van der Waals surface area (Å²) in [5.74, 6) is -0.837. The van der Waals surface area contributed by atoms with E-state index in [1.165, 1.54) is 0 Å². The number of benzene rings is 1. The summed E-state index contributed by atoms with van der Waals surface area (Å²) in [6.45, 7) is 3.57. The molecular weight excluding hydrogens is 280 g/mol. The SMILES string of the molecule is C=CCc1cccc(NCC(=O)NCCS(=O)(=O)O)c1. The van der Waals surface area contributed by atoms with Gasteiger partial charge in [0.25, 0.3) is 10.1 Å².